The molecule has 0 nitrogen and oxygen atoms in total. The molecule has 2 heteroatoms. The second-order valence-corrected chi connectivity index (χ2v) is 35.6. The number of rotatable bonds is 3. The Balaban J connectivity index is 1.46. The summed E-state index contributed by atoms with van der Waals surface area (Å²) < 4.78 is 6.92. The number of hydrogen-bond donors (Lipinski definition) is 0. The van der Waals surface area contributed by atoms with Crippen molar-refractivity contribution in [3.63, 3.8) is 0 Å². The monoisotopic (exact) mass is 718 g/mol. The van der Waals surface area contributed by atoms with Crippen LogP contribution in [-0.4, -0.2) is 8.07 Å². The van der Waals surface area contributed by atoms with Gasteiger partial charge in [-0.05, 0) is 0 Å². The van der Waals surface area contributed by atoms with E-state index in [1.807, 2.05) is 10.4 Å². The molecule has 0 amide bonds. The van der Waals surface area contributed by atoms with Crippen LogP contribution in [0.2, 0.25) is 22.0 Å². The SMILES string of the molecule is CC[Si]1(C)C2=Cc3c(-c4cc(C)ccc4C)cccc3[CH]2[Hf]([CH3])([CH3])[CH]2C1=Cc1c(-c3cc(C)ccc3C)cccc12. The molecular formula is C39H42HfSi. The standard InChI is InChI=1S/C37H36Si.2CH3.Hf/c1-7-38(6,30-20-28-10-8-12-32(36(28)22-30)34-18-24(2)14-16-26(34)4)31-21-29-11-9-13-33(37(29)23-31)35-19-25(3)15-17-27(35)5;;;/h8-23H,7H2,1-6H3;2*1H3;. The molecule has 0 saturated carbocycles. The molecule has 0 aromatic heterocycles. The van der Waals surface area contributed by atoms with Crippen molar-refractivity contribution in [2.45, 2.75) is 63.9 Å². The summed E-state index contributed by atoms with van der Waals surface area (Å²) in [4.78, 5) is 0. The van der Waals surface area contributed by atoms with E-state index in [9.17, 15) is 0 Å². The van der Waals surface area contributed by atoms with Crippen LogP contribution in [0.15, 0.2) is 83.2 Å². The summed E-state index contributed by atoms with van der Waals surface area (Å²) in [7, 11) is -1.87. The zero-order valence-corrected chi connectivity index (χ0v) is 30.5. The molecule has 2 atom stereocenters. The molecule has 2 unspecified atom stereocenters. The van der Waals surface area contributed by atoms with Crippen LogP contribution >= 0.6 is 0 Å². The van der Waals surface area contributed by atoms with Gasteiger partial charge in [-0.15, -0.1) is 0 Å². The predicted molar refractivity (Wildman–Crippen MR) is 178 cm³/mol. The molecular weight excluding hydrogens is 675 g/mol. The second kappa shape index (κ2) is 9.48. The van der Waals surface area contributed by atoms with Crippen molar-refractivity contribution in [1.29, 1.82) is 0 Å². The minimum absolute atomic E-state index is 0.677. The van der Waals surface area contributed by atoms with Gasteiger partial charge in [-0.2, -0.15) is 0 Å². The van der Waals surface area contributed by atoms with E-state index in [2.05, 4.69) is 135 Å². The van der Waals surface area contributed by atoms with Crippen molar-refractivity contribution >= 4 is 20.2 Å². The molecule has 206 valence electrons. The van der Waals surface area contributed by atoms with Crippen molar-refractivity contribution in [3.05, 3.63) is 128 Å². The summed E-state index contributed by atoms with van der Waals surface area (Å²) in [5.74, 6) is 0. The summed E-state index contributed by atoms with van der Waals surface area (Å²) in [5.41, 5.74) is 17.5. The maximum atomic E-state index is 2.78. The zero-order valence-electron chi connectivity index (χ0n) is 25.9. The van der Waals surface area contributed by atoms with Gasteiger partial charge < -0.3 is 0 Å². The van der Waals surface area contributed by atoms with Gasteiger partial charge in [0, 0.05) is 0 Å². The first kappa shape index (κ1) is 27.3. The minimum atomic E-state index is -3.02. The fourth-order valence-corrected chi connectivity index (χ4v) is 40.4. The normalized spacial score (nSPS) is 23.3. The fraction of sp³-hybridized carbons (Fsp3) is 0.282. The van der Waals surface area contributed by atoms with Crippen molar-refractivity contribution in [2.75, 3.05) is 0 Å². The Morgan fingerprint density at radius 1 is 0.610 bits per heavy atom. The quantitative estimate of drug-likeness (QED) is 0.185. The van der Waals surface area contributed by atoms with Crippen LogP contribution in [0.4, 0.5) is 0 Å². The molecule has 4 aromatic rings. The van der Waals surface area contributed by atoms with Crippen LogP contribution in [0.3, 0.4) is 0 Å². The summed E-state index contributed by atoms with van der Waals surface area (Å²) in [6.07, 6.45) is 5.44. The Labute approximate surface area is 252 Å². The molecule has 0 spiro atoms. The summed E-state index contributed by atoms with van der Waals surface area (Å²) in [5, 5.41) is 3.70. The Bertz CT molecular complexity index is 1690. The van der Waals surface area contributed by atoms with Crippen molar-refractivity contribution in [2.24, 2.45) is 0 Å². The predicted octanol–water partition coefficient (Wildman–Crippen LogP) is 11.3. The van der Waals surface area contributed by atoms with E-state index in [0.29, 0.717) is 7.35 Å². The van der Waals surface area contributed by atoms with Crippen LogP contribution in [-0.2, 0) is 20.0 Å². The third kappa shape index (κ3) is 3.86. The summed E-state index contributed by atoms with van der Waals surface area (Å²) in [6.45, 7) is 14.2. The molecule has 4 aromatic carbocycles. The number of benzene rings is 4. The van der Waals surface area contributed by atoms with E-state index in [1.165, 1.54) is 61.7 Å². The molecule has 2 aliphatic carbocycles. The fourth-order valence-electron chi connectivity index (χ4n) is 8.63. The van der Waals surface area contributed by atoms with Crippen molar-refractivity contribution < 1.29 is 20.0 Å². The van der Waals surface area contributed by atoms with Crippen LogP contribution in [0, 0.1) is 27.7 Å². The van der Waals surface area contributed by atoms with Crippen LogP contribution in [0.25, 0.3) is 34.4 Å². The molecule has 0 N–H and O–H groups in total. The van der Waals surface area contributed by atoms with Gasteiger partial charge in [0.25, 0.3) is 0 Å². The third-order valence-electron chi connectivity index (χ3n) is 11.0. The van der Waals surface area contributed by atoms with Crippen molar-refractivity contribution in [1.82, 2.24) is 0 Å². The molecule has 41 heavy (non-hydrogen) atoms. The van der Waals surface area contributed by atoms with E-state index in [4.69, 9.17) is 0 Å². The van der Waals surface area contributed by atoms with Gasteiger partial charge in [-0.1, -0.05) is 0 Å². The molecule has 1 heterocycles. The average Bonchev–Trinajstić information content (AvgIpc) is 3.56. The number of fused-ring (bicyclic) bond motifs is 6. The molecule has 1 saturated heterocycles. The summed E-state index contributed by atoms with van der Waals surface area (Å²) in [6, 6.07) is 29.7. The van der Waals surface area contributed by atoms with Crippen LogP contribution in [0.1, 0.15) is 58.8 Å². The average molecular weight is 717 g/mol. The molecule has 3 aliphatic rings. The van der Waals surface area contributed by atoms with Crippen molar-refractivity contribution in [3.8, 4) is 22.3 Å². The topological polar surface area (TPSA) is 0 Å². The van der Waals surface area contributed by atoms with Gasteiger partial charge in [0.1, 0.15) is 0 Å². The first-order valence-electron chi connectivity index (χ1n) is 15.4. The molecule has 7 rings (SSSR count). The first-order valence-corrected chi connectivity index (χ1v) is 29.5. The third-order valence-corrected chi connectivity index (χ3v) is 33.0. The molecule has 0 bridgehead atoms. The van der Waals surface area contributed by atoms with E-state index >= 15 is 0 Å². The van der Waals surface area contributed by atoms with Gasteiger partial charge in [0.2, 0.25) is 0 Å². The van der Waals surface area contributed by atoms with E-state index in [0.717, 1.165) is 0 Å². The van der Waals surface area contributed by atoms with Crippen LogP contribution < -0.4 is 0 Å². The number of aryl methyl sites for hydroxylation is 4. The van der Waals surface area contributed by atoms with Gasteiger partial charge in [-0.25, -0.2) is 0 Å². The summed E-state index contributed by atoms with van der Waals surface area (Å²) >= 11 is -3.02. The first-order chi connectivity index (χ1) is 19.6. The second-order valence-electron chi connectivity index (χ2n) is 13.8. The number of hydrogen-bond acceptors (Lipinski definition) is 0. The Morgan fingerprint density at radius 2 is 1.05 bits per heavy atom. The van der Waals surface area contributed by atoms with E-state index < -0.39 is 28.0 Å². The van der Waals surface area contributed by atoms with E-state index in [-0.39, 0.29) is 0 Å². The number of allylic oxidation sites excluding steroid dienone is 2. The molecule has 1 fully saturated rings. The van der Waals surface area contributed by atoms with E-state index in [1.54, 1.807) is 11.1 Å². The Kier molecular flexibility index (Phi) is 6.31. The van der Waals surface area contributed by atoms with Crippen LogP contribution in [0.5, 0.6) is 0 Å². The zero-order chi connectivity index (χ0) is 28.8. The van der Waals surface area contributed by atoms with Gasteiger partial charge in [-0.3, -0.25) is 0 Å². The van der Waals surface area contributed by atoms with Gasteiger partial charge >= 0.3 is 254 Å². The maximum absolute atomic E-state index is 3.02. The van der Waals surface area contributed by atoms with Gasteiger partial charge in [0.15, 0.2) is 0 Å². The Morgan fingerprint density at radius 3 is 1.46 bits per heavy atom. The van der Waals surface area contributed by atoms with Gasteiger partial charge in [0.05, 0.1) is 0 Å². The molecule has 1 aliphatic heterocycles. The Hall–Kier alpha value is -2.55. The molecule has 0 radical (unpaired) electrons.